The number of carbonyl (C=O) groups excluding carboxylic acids is 1. The average molecular weight is 312 g/mol. The molecule has 0 saturated heterocycles. The summed E-state index contributed by atoms with van der Waals surface area (Å²) < 4.78 is 5.91. The number of ether oxygens (including phenoxy) is 1. The van der Waals surface area contributed by atoms with Crippen molar-refractivity contribution in [2.45, 2.75) is 57.8 Å². The molecule has 4 fully saturated rings. The smallest absolute Gasteiger partial charge is 0.136 e. The molecule has 2 unspecified atom stereocenters. The third-order valence-corrected chi connectivity index (χ3v) is 6.93. The van der Waals surface area contributed by atoms with Crippen LogP contribution in [0, 0.1) is 16.7 Å². The van der Waals surface area contributed by atoms with Crippen molar-refractivity contribution in [1.29, 1.82) is 0 Å². The van der Waals surface area contributed by atoms with Crippen molar-refractivity contribution in [3.8, 4) is 0 Å². The molecule has 23 heavy (non-hydrogen) atoms. The molecule has 4 bridgehead atoms. The van der Waals surface area contributed by atoms with Gasteiger partial charge in [0.1, 0.15) is 5.78 Å². The van der Waals surface area contributed by atoms with E-state index in [0.717, 1.165) is 32.5 Å². The first-order valence-corrected chi connectivity index (χ1v) is 9.16. The fourth-order valence-electron chi connectivity index (χ4n) is 6.62. The van der Waals surface area contributed by atoms with Gasteiger partial charge in [-0.25, -0.2) is 0 Å². The fourth-order valence-corrected chi connectivity index (χ4v) is 6.62. The van der Waals surface area contributed by atoms with Crippen LogP contribution >= 0.6 is 0 Å². The SMILES string of the molecule is CCOC[C@@]12CC3CC(C(C)=O)(C1)C[C@](c1ccccc1)(C3)C2. The van der Waals surface area contributed by atoms with Crippen molar-refractivity contribution in [3.63, 3.8) is 0 Å². The normalized spacial score (nSPS) is 41.2. The molecule has 0 radical (unpaired) electrons. The Hall–Kier alpha value is -1.15. The number of hydrogen-bond acceptors (Lipinski definition) is 2. The van der Waals surface area contributed by atoms with Crippen molar-refractivity contribution in [1.82, 2.24) is 0 Å². The van der Waals surface area contributed by atoms with Crippen LogP contribution in [0.2, 0.25) is 0 Å². The fraction of sp³-hybridized carbons (Fsp3) is 0.667. The number of rotatable bonds is 5. The van der Waals surface area contributed by atoms with Gasteiger partial charge in [-0.15, -0.1) is 0 Å². The summed E-state index contributed by atoms with van der Waals surface area (Å²) >= 11 is 0. The lowest BCUT2D eigenvalue weighted by Crippen LogP contribution is -2.61. The van der Waals surface area contributed by atoms with E-state index in [0.29, 0.717) is 11.7 Å². The largest absolute Gasteiger partial charge is 0.381 e. The summed E-state index contributed by atoms with van der Waals surface area (Å²) in [6.45, 7) is 5.52. The van der Waals surface area contributed by atoms with E-state index in [1.165, 1.54) is 24.8 Å². The van der Waals surface area contributed by atoms with Gasteiger partial charge < -0.3 is 4.74 Å². The molecule has 1 aromatic carbocycles. The van der Waals surface area contributed by atoms with E-state index in [9.17, 15) is 4.79 Å². The van der Waals surface area contributed by atoms with Crippen LogP contribution in [0.25, 0.3) is 0 Å². The zero-order valence-corrected chi connectivity index (χ0v) is 14.4. The Morgan fingerprint density at radius 2 is 1.91 bits per heavy atom. The monoisotopic (exact) mass is 312 g/mol. The lowest BCUT2D eigenvalue weighted by Gasteiger charge is -2.66. The first-order chi connectivity index (χ1) is 11.0. The molecule has 4 aliphatic rings. The summed E-state index contributed by atoms with van der Waals surface area (Å²) in [4.78, 5) is 12.6. The first-order valence-electron chi connectivity index (χ1n) is 9.16. The van der Waals surface area contributed by atoms with Crippen molar-refractivity contribution < 1.29 is 9.53 Å². The van der Waals surface area contributed by atoms with E-state index in [2.05, 4.69) is 37.3 Å². The molecule has 4 saturated carbocycles. The Morgan fingerprint density at radius 1 is 1.13 bits per heavy atom. The van der Waals surface area contributed by atoms with Crippen LogP contribution in [0.4, 0.5) is 0 Å². The summed E-state index contributed by atoms with van der Waals surface area (Å²) in [7, 11) is 0. The summed E-state index contributed by atoms with van der Waals surface area (Å²) in [5.74, 6) is 1.11. The lowest BCUT2D eigenvalue weighted by molar-refractivity contribution is -0.168. The van der Waals surface area contributed by atoms with Gasteiger partial charge in [0.2, 0.25) is 0 Å². The van der Waals surface area contributed by atoms with E-state index in [1.54, 1.807) is 0 Å². The summed E-state index contributed by atoms with van der Waals surface area (Å²) in [6, 6.07) is 11.0. The Morgan fingerprint density at radius 3 is 2.61 bits per heavy atom. The van der Waals surface area contributed by atoms with Gasteiger partial charge in [-0.3, -0.25) is 4.79 Å². The second-order valence-corrected chi connectivity index (χ2v) is 8.63. The topological polar surface area (TPSA) is 26.3 Å². The maximum Gasteiger partial charge on any atom is 0.136 e. The number of ketones is 1. The highest BCUT2D eigenvalue weighted by Crippen LogP contribution is 2.70. The van der Waals surface area contributed by atoms with Gasteiger partial charge in [-0.05, 0) is 74.7 Å². The third-order valence-electron chi connectivity index (χ3n) is 6.93. The summed E-state index contributed by atoms with van der Waals surface area (Å²) in [6.07, 6.45) is 6.96. The Labute approximate surface area is 139 Å². The predicted molar refractivity (Wildman–Crippen MR) is 91.4 cm³/mol. The van der Waals surface area contributed by atoms with Crippen LogP contribution < -0.4 is 0 Å². The molecule has 2 nitrogen and oxygen atoms in total. The van der Waals surface area contributed by atoms with E-state index in [1.807, 2.05) is 6.92 Å². The van der Waals surface area contributed by atoms with Crippen LogP contribution in [-0.4, -0.2) is 19.0 Å². The number of Topliss-reactive ketones (excluding diaryl/α,β-unsaturated/α-hetero) is 1. The molecule has 1 aromatic rings. The molecule has 0 spiro atoms. The Balaban J connectivity index is 1.78. The zero-order chi connectivity index (χ0) is 16.1. The van der Waals surface area contributed by atoms with Gasteiger partial charge in [0.15, 0.2) is 0 Å². The summed E-state index contributed by atoms with van der Waals surface area (Å²) in [5.41, 5.74) is 1.78. The van der Waals surface area contributed by atoms with E-state index in [4.69, 9.17) is 4.74 Å². The third kappa shape index (κ3) is 2.29. The average Bonchev–Trinajstić information content (AvgIpc) is 2.53. The maximum atomic E-state index is 12.6. The van der Waals surface area contributed by atoms with Crippen molar-refractivity contribution in [2.75, 3.05) is 13.2 Å². The minimum atomic E-state index is -0.0909. The molecular formula is C21H28O2. The van der Waals surface area contributed by atoms with Crippen molar-refractivity contribution >= 4 is 5.78 Å². The molecule has 4 aliphatic carbocycles. The van der Waals surface area contributed by atoms with Gasteiger partial charge in [0.05, 0.1) is 6.61 Å². The van der Waals surface area contributed by atoms with Gasteiger partial charge in [-0.1, -0.05) is 30.3 Å². The van der Waals surface area contributed by atoms with Crippen LogP contribution in [0.15, 0.2) is 30.3 Å². The molecule has 0 N–H and O–H groups in total. The second-order valence-electron chi connectivity index (χ2n) is 8.63. The van der Waals surface area contributed by atoms with Crippen molar-refractivity contribution in [2.24, 2.45) is 16.7 Å². The number of benzene rings is 1. The molecule has 5 rings (SSSR count). The lowest BCUT2D eigenvalue weighted by atomic mass is 9.38. The molecule has 2 heteroatoms. The van der Waals surface area contributed by atoms with Crippen molar-refractivity contribution in [3.05, 3.63) is 35.9 Å². The highest BCUT2D eigenvalue weighted by Gasteiger charge is 2.65. The van der Waals surface area contributed by atoms with Gasteiger partial charge in [0.25, 0.3) is 0 Å². The molecule has 4 atom stereocenters. The van der Waals surface area contributed by atoms with E-state index >= 15 is 0 Å². The molecule has 0 aliphatic heterocycles. The van der Waals surface area contributed by atoms with Crippen LogP contribution in [0.5, 0.6) is 0 Å². The van der Waals surface area contributed by atoms with Gasteiger partial charge >= 0.3 is 0 Å². The first kappa shape index (κ1) is 15.4. The van der Waals surface area contributed by atoms with Crippen LogP contribution in [0.1, 0.15) is 57.9 Å². The van der Waals surface area contributed by atoms with Gasteiger partial charge in [-0.2, -0.15) is 0 Å². The van der Waals surface area contributed by atoms with E-state index < -0.39 is 0 Å². The Bertz CT molecular complexity index is 610. The zero-order valence-electron chi connectivity index (χ0n) is 14.4. The minimum Gasteiger partial charge on any atom is -0.381 e. The summed E-state index contributed by atoms with van der Waals surface area (Å²) in [5, 5.41) is 0. The quantitative estimate of drug-likeness (QED) is 0.799. The molecule has 0 amide bonds. The molecule has 0 aromatic heterocycles. The predicted octanol–water partition coefficient (Wildman–Crippen LogP) is 4.52. The number of carbonyl (C=O) groups is 1. The highest BCUT2D eigenvalue weighted by atomic mass is 16.5. The van der Waals surface area contributed by atoms with Crippen LogP contribution in [-0.2, 0) is 14.9 Å². The standard InChI is InChI=1S/C21H28O2/c1-3-23-15-19-9-17-10-20(12-19,16(2)22)14-21(11-17,13-19)18-7-5-4-6-8-18/h4-8,17H,3,9-15H2,1-2H3/t17?,19-,20?,21-/m0/s1. The minimum absolute atomic E-state index is 0.0909. The highest BCUT2D eigenvalue weighted by molar-refractivity contribution is 5.83. The second kappa shape index (κ2) is 5.17. The molecule has 124 valence electrons. The van der Waals surface area contributed by atoms with Gasteiger partial charge in [0, 0.05) is 12.0 Å². The Kier molecular flexibility index (Phi) is 3.46. The van der Waals surface area contributed by atoms with Crippen LogP contribution in [0.3, 0.4) is 0 Å². The number of hydrogen-bond donors (Lipinski definition) is 0. The maximum absolute atomic E-state index is 12.6. The molecule has 0 heterocycles. The molecular weight excluding hydrogens is 284 g/mol. The van der Waals surface area contributed by atoms with E-state index in [-0.39, 0.29) is 16.2 Å².